The normalized spacial score (nSPS) is 12.5. The number of benzene rings is 1. The second-order valence-corrected chi connectivity index (χ2v) is 3.39. The van der Waals surface area contributed by atoms with Gasteiger partial charge in [-0.25, -0.2) is 0 Å². The highest BCUT2D eigenvalue weighted by Gasteiger charge is 2.03. The van der Waals surface area contributed by atoms with Crippen molar-refractivity contribution >= 4 is 17.7 Å². The molecule has 1 unspecified atom stereocenters. The van der Waals surface area contributed by atoms with E-state index in [1.54, 1.807) is 19.2 Å². The van der Waals surface area contributed by atoms with E-state index in [0.717, 1.165) is 5.56 Å². The molecule has 0 saturated carbocycles. The Morgan fingerprint density at radius 3 is 2.50 bits per heavy atom. The number of rotatable bonds is 4. The number of thiol groups is 1. The second kappa shape index (κ2) is 5.14. The van der Waals surface area contributed by atoms with Crippen molar-refractivity contribution in [1.29, 1.82) is 0 Å². The molecule has 0 fully saturated rings. The van der Waals surface area contributed by atoms with Crippen molar-refractivity contribution in [1.82, 2.24) is 0 Å². The molecule has 0 spiro atoms. The lowest BCUT2D eigenvalue weighted by atomic mass is 10.1. The van der Waals surface area contributed by atoms with Gasteiger partial charge in [-0.15, -0.1) is 12.6 Å². The van der Waals surface area contributed by atoms with E-state index in [9.17, 15) is 4.79 Å². The minimum atomic E-state index is -0.299. The van der Waals surface area contributed by atoms with Crippen molar-refractivity contribution in [2.75, 3.05) is 7.11 Å². The molecule has 2 N–H and O–H groups in total. The summed E-state index contributed by atoms with van der Waals surface area (Å²) < 4.78 is 4.93. The molecule has 0 saturated heterocycles. The zero-order valence-electron chi connectivity index (χ0n) is 7.93. The van der Waals surface area contributed by atoms with Crippen molar-refractivity contribution in [2.45, 2.75) is 12.6 Å². The molecule has 0 heterocycles. The highest BCUT2D eigenvalue weighted by atomic mass is 32.1. The standard InChI is InChI=1S/C10H13NO2S/c1-13-9(11)6-7-2-4-8(5-3-7)10(12)14/h2-5,9H,6,11H2,1H3,(H,12,14). The van der Waals surface area contributed by atoms with Crippen LogP contribution in [0, 0.1) is 0 Å². The summed E-state index contributed by atoms with van der Waals surface area (Å²) in [5.74, 6) is 0. The minimum Gasteiger partial charge on any atom is -0.366 e. The second-order valence-electron chi connectivity index (χ2n) is 2.98. The van der Waals surface area contributed by atoms with E-state index < -0.39 is 0 Å². The third-order valence-corrected chi connectivity index (χ3v) is 2.20. The number of hydrogen-bond acceptors (Lipinski definition) is 3. The van der Waals surface area contributed by atoms with E-state index in [-0.39, 0.29) is 11.3 Å². The number of nitrogens with two attached hydrogens (primary N) is 1. The van der Waals surface area contributed by atoms with Gasteiger partial charge in [-0.2, -0.15) is 0 Å². The molecule has 0 aliphatic heterocycles. The van der Waals surface area contributed by atoms with Crippen molar-refractivity contribution in [3.63, 3.8) is 0 Å². The summed E-state index contributed by atoms with van der Waals surface area (Å²) in [7, 11) is 1.57. The number of carbonyl (C=O) groups excluding carboxylic acids is 1. The van der Waals surface area contributed by atoms with Gasteiger partial charge in [-0.1, -0.05) is 24.3 Å². The van der Waals surface area contributed by atoms with Gasteiger partial charge in [-0.05, 0) is 5.56 Å². The Kier molecular flexibility index (Phi) is 4.13. The summed E-state index contributed by atoms with van der Waals surface area (Å²) in [5.41, 5.74) is 7.22. The summed E-state index contributed by atoms with van der Waals surface area (Å²) in [6.07, 6.45) is 0.338. The van der Waals surface area contributed by atoms with Crippen LogP contribution in [0.3, 0.4) is 0 Å². The van der Waals surface area contributed by atoms with Crippen LogP contribution in [0.2, 0.25) is 0 Å². The average molecular weight is 211 g/mol. The molecule has 0 bridgehead atoms. The molecule has 1 aromatic carbocycles. The van der Waals surface area contributed by atoms with Gasteiger partial charge in [0.05, 0.1) is 0 Å². The fourth-order valence-electron chi connectivity index (χ4n) is 1.10. The molecule has 14 heavy (non-hydrogen) atoms. The molecule has 4 heteroatoms. The first-order valence-corrected chi connectivity index (χ1v) is 4.69. The Morgan fingerprint density at radius 2 is 2.07 bits per heavy atom. The minimum absolute atomic E-state index is 0.229. The Bertz CT molecular complexity index is 310. The van der Waals surface area contributed by atoms with Gasteiger partial charge < -0.3 is 10.5 Å². The van der Waals surface area contributed by atoms with Gasteiger partial charge in [-0.3, -0.25) is 4.79 Å². The maximum Gasteiger partial charge on any atom is 0.216 e. The van der Waals surface area contributed by atoms with Crippen LogP contribution in [-0.2, 0) is 11.2 Å². The molecule has 1 rings (SSSR count). The van der Waals surface area contributed by atoms with Crippen LogP contribution >= 0.6 is 12.6 Å². The fourth-order valence-corrected chi connectivity index (χ4v) is 1.25. The van der Waals surface area contributed by atoms with Gasteiger partial charge in [0.15, 0.2) is 0 Å². The van der Waals surface area contributed by atoms with Crippen LogP contribution < -0.4 is 5.73 Å². The van der Waals surface area contributed by atoms with E-state index >= 15 is 0 Å². The average Bonchev–Trinajstić information content (AvgIpc) is 2.18. The Balaban J connectivity index is 2.68. The number of ether oxygens (including phenoxy) is 1. The topological polar surface area (TPSA) is 52.3 Å². The van der Waals surface area contributed by atoms with Crippen LogP contribution in [0.5, 0.6) is 0 Å². The summed E-state index contributed by atoms with van der Waals surface area (Å²) >= 11 is 3.72. The lowest BCUT2D eigenvalue weighted by Crippen LogP contribution is -2.24. The van der Waals surface area contributed by atoms with Crippen molar-refractivity contribution in [3.05, 3.63) is 35.4 Å². The Hall–Kier alpha value is -0.840. The monoisotopic (exact) mass is 211 g/mol. The highest BCUT2D eigenvalue weighted by Crippen LogP contribution is 2.08. The van der Waals surface area contributed by atoms with Gasteiger partial charge in [0, 0.05) is 19.1 Å². The summed E-state index contributed by atoms with van der Waals surface area (Å²) in [5, 5.41) is -0.229. The number of hydrogen-bond donors (Lipinski definition) is 2. The van der Waals surface area contributed by atoms with E-state index in [1.807, 2.05) is 12.1 Å². The molecular weight excluding hydrogens is 198 g/mol. The van der Waals surface area contributed by atoms with Gasteiger partial charge in [0.25, 0.3) is 0 Å². The predicted octanol–water partition coefficient (Wildman–Crippen LogP) is 1.23. The molecule has 0 aromatic heterocycles. The van der Waals surface area contributed by atoms with Crippen LogP contribution in [0.25, 0.3) is 0 Å². The molecule has 3 nitrogen and oxygen atoms in total. The molecule has 76 valence electrons. The fraction of sp³-hybridized carbons (Fsp3) is 0.300. The highest BCUT2D eigenvalue weighted by molar-refractivity contribution is 7.97. The summed E-state index contributed by atoms with van der Waals surface area (Å²) in [6, 6.07) is 7.16. The third-order valence-electron chi connectivity index (χ3n) is 1.94. The zero-order valence-corrected chi connectivity index (χ0v) is 8.83. The van der Waals surface area contributed by atoms with Crippen molar-refractivity contribution in [3.8, 4) is 0 Å². The van der Waals surface area contributed by atoms with Gasteiger partial charge >= 0.3 is 0 Å². The summed E-state index contributed by atoms with van der Waals surface area (Å²) in [4.78, 5) is 10.8. The smallest absolute Gasteiger partial charge is 0.216 e. The van der Waals surface area contributed by atoms with E-state index in [2.05, 4.69) is 12.6 Å². The zero-order chi connectivity index (χ0) is 10.6. The number of carbonyl (C=O) groups is 1. The molecular formula is C10H13NO2S. The largest absolute Gasteiger partial charge is 0.366 e. The van der Waals surface area contributed by atoms with E-state index in [4.69, 9.17) is 10.5 Å². The van der Waals surface area contributed by atoms with Gasteiger partial charge in [0.2, 0.25) is 5.12 Å². The lowest BCUT2D eigenvalue weighted by molar-refractivity contribution is 0.109. The number of methoxy groups -OCH3 is 1. The van der Waals surface area contributed by atoms with Crippen LogP contribution in [-0.4, -0.2) is 18.5 Å². The first-order chi connectivity index (χ1) is 6.63. The SMILES string of the molecule is COC(N)Cc1ccc(C(=O)S)cc1. The first-order valence-electron chi connectivity index (χ1n) is 4.24. The third kappa shape index (κ3) is 3.14. The quantitative estimate of drug-likeness (QED) is 0.582. The first kappa shape index (κ1) is 11.2. The van der Waals surface area contributed by atoms with Crippen LogP contribution in [0.15, 0.2) is 24.3 Å². The Morgan fingerprint density at radius 1 is 1.50 bits per heavy atom. The Labute approximate surface area is 88.7 Å². The van der Waals surface area contributed by atoms with E-state index in [1.165, 1.54) is 0 Å². The van der Waals surface area contributed by atoms with Crippen LogP contribution in [0.4, 0.5) is 0 Å². The van der Waals surface area contributed by atoms with Crippen LogP contribution in [0.1, 0.15) is 15.9 Å². The maximum atomic E-state index is 10.8. The molecule has 0 radical (unpaired) electrons. The van der Waals surface area contributed by atoms with Crippen molar-refractivity contribution < 1.29 is 9.53 Å². The van der Waals surface area contributed by atoms with Crippen molar-refractivity contribution in [2.24, 2.45) is 5.73 Å². The predicted molar refractivity (Wildman–Crippen MR) is 58.4 cm³/mol. The van der Waals surface area contributed by atoms with Gasteiger partial charge in [0.1, 0.15) is 6.23 Å². The molecule has 0 aliphatic carbocycles. The molecule has 0 amide bonds. The molecule has 1 aromatic rings. The maximum absolute atomic E-state index is 10.8. The van der Waals surface area contributed by atoms with E-state index in [0.29, 0.717) is 12.0 Å². The summed E-state index contributed by atoms with van der Waals surface area (Å²) in [6.45, 7) is 0. The molecule has 1 atom stereocenters. The molecule has 0 aliphatic rings. The lowest BCUT2D eigenvalue weighted by Gasteiger charge is -2.09.